The lowest BCUT2D eigenvalue weighted by Crippen LogP contribution is -2.40. The Bertz CT molecular complexity index is 894. The van der Waals surface area contributed by atoms with Gasteiger partial charge in [0.15, 0.2) is 5.96 Å². The van der Waals surface area contributed by atoms with Crippen LogP contribution in [0.3, 0.4) is 0 Å². The SMILES string of the molecule is CCNC(=NCc1cccc(CN2CCCC(C(N)=O)C2)c1)NCCn1cnnc1CC. The summed E-state index contributed by atoms with van der Waals surface area (Å²) in [6, 6.07) is 8.51. The van der Waals surface area contributed by atoms with Gasteiger partial charge in [0.25, 0.3) is 0 Å². The smallest absolute Gasteiger partial charge is 0.221 e. The van der Waals surface area contributed by atoms with E-state index in [1.807, 2.05) is 0 Å². The lowest BCUT2D eigenvalue weighted by Gasteiger charge is -2.31. The first kappa shape index (κ1) is 23.7. The maximum Gasteiger partial charge on any atom is 0.221 e. The molecule has 0 bridgehead atoms. The van der Waals surface area contributed by atoms with Gasteiger partial charge in [-0.3, -0.25) is 9.69 Å². The number of carbonyl (C=O) groups is 1. The molecule has 1 aliphatic rings. The third-order valence-corrected chi connectivity index (χ3v) is 5.73. The van der Waals surface area contributed by atoms with Crippen LogP contribution in [0.1, 0.15) is 43.6 Å². The van der Waals surface area contributed by atoms with E-state index in [1.165, 1.54) is 5.56 Å². The first-order chi connectivity index (χ1) is 15.6. The highest BCUT2D eigenvalue weighted by atomic mass is 16.1. The van der Waals surface area contributed by atoms with Crippen molar-refractivity contribution >= 4 is 11.9 Å². The second kappa shape index (κ2) is 12.2. The van der Waals surface area contributed by atoms with Crippen molar-refractivity contribution in [2.75, 3.05) is 26.2 Å². The summed E-state index contributed by atoms with van der Waals surface area (Å²) in [4.78, 5) is 18.6. The minimum absolute atomic E-state index is 0.0307. The second-order valence-corrected chi connectivity index (χ2v) is 8.21. The number of benzene rings is 1. The Morgan fingerprint density at radius 3 is 2.91 bits per heavy atom. The van der Waals surface area contributed by atoms with Gasteiger partial charge in [-0.1, -0.05) is 31.2 Å². The van der Waals surface area contributed by atoms with Crippen molar-refractivity contribution in [3.8, 4) is 0 Å². The predicted molar refractivity (Wildman–Crippen MR) is 126 cm³/mol. The summed E-state index contributed by atoms with van der Waals surface area (Å²) in [6.45, 7) is 9.66. The number of primary amides is 1. The van der Waals surface area contributed by atoms with Crippen LogP contribution >= 0.6 is 0 Å². The van der Waals surface area contributed by atoms with Crippen LogP contribution in [0.15, 0.2) is 35.6 Å². The number of rotatable bonds is 10. The lowest BCUT2D eigenvalue weighted by atomic mass is 9.97. The predicted octanol–water partition coefficient (Wildman–Crippen LogP) is 1.29. The van der Waals surface area contributed by atoms with Crippen LogP contribution < -0.4 is 16.4 Å². The van der Waals surface area contributed by atoms with Crippen LogP contribution in [-0.4, -0.2) is 57.7 Å². The average Bonchev–Trinajstić information content (AvgIpc) is 3.25. The van der Waals surface area contributed by atoms with Crippen LogP contribution in [0.25, 0.3) is 0 Å². The maximum atomic E-state index is 11.5. The van der Waals surface area contributed by atoms with E-state index in [9.17, 15) is 4.79 Å². The molecule has 32 heavy (non-hydrogen) atoms. The van der Waals surface area contributed by atoms with Crippen molar-refractivity contribution in [2.45, 2.75) is 52.7 Å². The number of nitrogens with zero attached hydrogens (tertiary/aromatic N) is 5. The molecule has 1 unspecified atom stereocenters. The molecule has 9 nitrogen and oxygen atoms in total. The minimum Gasteiger partial charge on any atom is -0.369 e. The van der Waals surface area contributed by atoms with Crippen molar-refractivity contribution in [3.05, 3.63) is 47.5 Å². The minimum atomic E-state index is -0.184. The van der Waals surface area contributed by atoms with Crippen LogP contribution in [0.4, 0.5) is 0 Å². The standard InChI is InChI=1S/C23H36N8O/c1-3-21-29-28-17-31(21)12-10-26-23(25-4-2)27-14-18-7-5-8-19(13-18)15-30-11-6-9-20(16-30)22(24)32/h5,7-8,13,17,20H,3-4,6,9-12,14-16H2,1-2H3,(H2,24,32)(H2,25,26,27). The van der Waals surface area contributed by atoms with Gasteiger partial charge in [0.2, 0.25) is 5.91 Å². The van der Waals surface area contributed by atoms with Crippen LogP contribution in [0.5, 0.6) is 0 Å². The molecule has 0 radical (unpaired) electrons. The quantitative estimate of drug-likeness (QED) is 0.379. The number of aromatic nitrogens is 3. The van der Waals surface area contributed by atoms with Crippen LogP contribution in [-0.2, 0) is 30.8 Å². The number of hydrogen-bond acceptors (Lipinski definition) is 5. The zero-order valence-corrected chi connectivity index (χ0v) is 19.3. The molecule has 0 aliphatic carbocycles. The van der Waals surface area contributed by atoms with E-state index in [1.54, 1.807) is 6.33 Å². The van der Waals surface area contributed by atoms with Gasteiger partial charge in [-0.05, 0) is 37.4 Å². The largest absolute Gasteiger partial charge is 0.369 e. The first-order valence-corrected chi connectivity index (χ1v) is 11.6. The molecule has 1 saturated heterocycles. The van der Waals surface area contributed by atoms with E-state index < -0.39 is 0 Å². The Balaban J connectivity index is 1.54. The summed E-state index contributed by atoms with van der Waals surface area (Å²) in [5.74, 6) is 1.57. The summed E-state index contributed by atoms with van der Waals surface area (Å²) in [6.07, 6.45) is 4.55. The average molecular weight is 441 g/mol. The number of amides is 1. The highest BCUT2D eigenvalue weighted by molar-refractivity contribution is 5.79. The second-order valence-electron chi connectivity index (χ2n) is 8.21. The van der Waals surface area contributed by atoms with Crippen LogP contribution in [0, 0.1) is 5.92 Å². The van der Waals surface area contributed by atoms with Gasteiger partial charge in [0.05, 0.1) is 12.5 Å². The van der Waals surface area contributed by atoms with Crippen molar-refractivity contribution in [1.29, 1.82) is 0 Å². The molecule has 1 amide bonds. The van der Waals surface area contributed by atoms with Gasteiger partial charge in [0.1, 0.15) is 12.2 Å². The van der Waals surface area contributed by atoms with E-state index in [4.69, 9.17) is 10.7 Å². The molecule has 2 aromatic rings. The number of aryl methyl sites for hydroxylation is 1. The molecule has 1 aromatic carbocycles. The van der Waals surface area contributed by atoms with Crippen molar-refractivity contribution < 1.29 is 4.79 Å². The number of hydrogen-bond donors (Lipinski definition) is 3. The molecule has 1 fully saturated rings. The molecular weight excluding hydrogens is 404 g/mol. The number of piperidine rings is 1. The molecule has 0 saturated carbocycles. The van der Waals surface area contributed by atoms with Gasteiger partial charge in [-0.25, -0.2) is 4.99 Å². The summed E-state index contributed by atoms with van der Waals surface area (Å²) in [5, 5.41) is 14.8. The highest BCUT2D eigenvalue weighted by Crippen LogP contribution is 2.19. The third-order valence-electron chi connectivity index (χ3n) is 5.73. The molecule has 3 rings (SSSR count). The molecule has 1 aromatic heterocycles. The molecule has 0 spiro atoms. The molecule has 174 valence electrons. The molecule has 9 heteroatoms. The van der Waals surface area contributed by atoms with Gasteiger partial charge >= 0.3 is 0 Å². The zero-order valence-electron chi connectivity index (χ0n) is 19.3. The summed E-state index contributed by atoms with van der Waals surface area (Å²) >= 11 is 0. The first-order valence-electron chi connectivity index (χ1n) is 11.6. The maximum absolute atomic E-state index is 11.5. The van der Waals surface area contributed by atoms with E-state index in [2.05, 4.69) is 68.4 Å². The fourth-order valence-corrected chi connectivity index (χ4v) is 4.06. The topological polar surface area (TPSA) is 113 Å². The van der Waals surface area contributed by atoms with Gasteiger partial charge in [0, 0.05) is 39.1 Å². The number of carbonyl (C=O) groups excluding carboxylic acids is 1. The summed E-state index contributed by atoms with van der Waals surface area (Å²) in [5.41, 5.74) is 7.92. The number of nitrogens with one attached hydrogen (secondary N) is 2. The lowest BCUT2D eigenvalue weighted by molar-refractivity contribution is -0.123. The van der Waals surface area contributed by atoms with Gasteiger partial charge < -0.3 is 20.9 Å². The Kier molecular flexibility index (Phi) is 9.03. The fourth-order valence-electron chi connectivity index (χ4n) is 4.06. The molecule has 1 atom stereocenters. The summed E-state index contributed by atoms with van der Waals surface area (Å²) < 4.78 is 2.06. The molecular formula is C23H36N8O. The van der Waals surface area contributed by atoms with E-state index in [0.717, 1.165) is 75.9 Å². The van der Waals surface area contributed by atoms with Crippen LogP contribution in [0.2, 0.25) is 0 Å². The molecule has 4 N–H and O–H groups in total. The van der Waals surface area contributed by atoms with Gasteiger partial charge in [-0.2, -0.15) is 0 Å². The Morgan fingerprint density at radius 1 is 1.28 bits per heavy atom. The number of guanidine groups is 1. The molecule has 2 heterocycles. The third kappa shape index (κ3) is 7.05. The number of aliphatic imine (C=N–C) groups is 1. The Labute approximate surface area is 190 Å². The molecule has 1 aliphatic heterocycles. The Morgan fingerprint density at radius 2 is 2.12 bits per heavy atom. The van der Waals surface area contributed by atoms with Gasteiger partial charge in [-0.15, -0.1) is 10.2 Å². The van der Waals surface area contributed by atoms with E-state index >= 15 is 0 Å². The fraction of sp³-hybridized carbons (Fsp3) is 0.565. The van der Waals surface area contributed by atoms with Crippen molar-refractivity contribution in [2.24, 2.45) is 16.6 Å². The number of nitrogens with two attached hydrogens (primary N) is 1. The highest BCUT2D eigenvalue weighted by Gasteiger charge is 2.23. The Hall–Kier alpha value is -2.94. The van der Waals surface area contributed by atoms with Crippen molar-refractivity contribution in [1.82, 2.24) is 30.3 Å². The summed E-state index contributed by atoms with van der Waals surface area (Å²) in [7, 11) is 0. The van der Waals surface area contributed by atoms with E-state index in [-0.39, 0.29) is 11.8 Å². The normalized spacial score (nSPS) is 17.3. The monoisotopic (exact) mass is 440 g/mol. The van der Waals surface area contributed by atoms with E-state index in [0.29, 0.717) is 6.54 Å². The number of likely N-dealkylation sites (tertiary alicyclic amines) is 1. The van der Waals surface area contributed by atoms with Crippen molar-refractivity contribution in [3.63, 3.8) is 0 Å². The zero-order chi connectivity index (χ0) is 22.8.